The zero-order valence-corrected chi connectivity index (χ0v) is 22.4. The van der Waals surface area contributed by atoms with E-state index in [2.05, 4.69) is 44.8 Å². The fourth-order valence-corrected chi connectivity index (χ4v) is 5.67. The van der Waals surface area contributed by atoms with Crippen LogP contribution in [0.15, 0.2) is 36.7 Å². The minimum absolute atomic E-state index is 0.241. The molecule has 11 heteroatoms. The van der Waals surface area contributed by atoms with Crippen molar-refractivity contribution in [3.05, 3.63) is 48.0 Å². The van der Waals surface area contributed by atoms with E-state index in [0.29, 0.717) is 46.8 Å². The molecule has 1 amide bonds. The van der Waals surface area contributed by atoms with Gasteiger partial charge in [-0.15, -0.1) is 0 Å². The fraction of sp³-hybridized carbons (Fsp3) is 0.429. The molecule has 0 saturated carbocycles. The smallest absolute Gasteiger partial charge is 0.316 e. The SMILES string of the molecule is C[C@H]1CN(c2ccc(C(=O)Nc3cc(F)c4nn(C)cc4c3)c3nc(OCC4CCNC4)ncc23)C[C@H](C)N1. The summed E-state index contributed by atoms with van der Waals surface area (Å²) < 4.78 is 22.2. The van der Waals surface area contributed by atoms with Crippen LogP contribution in [0.1, 0.15) is 30.6 Å². The van der Waals surface area contributed by atoms with Gasteiger partial charge in [-0.1, -0.05) is 0 Å². The van der Waals surface area contributed by atoms with Gasteiger partial charge in [-0.25, -0.2) is 9.37 Å². The Balaban J connectivity index is 1.36. The number of hydrogen-bond donors (Lipinski definition) is 3. The first kappa shape index (κ1) is 25.4. The number of halogens is 1. The van der Waals surface area contributed by atoms with Gasteiger partial charge in [0.1, 0.15) is 5.52 Å². The maximum absolute atomic E-state index is 14.7. The third kappa shape index (κ3) is 5.24. The van der Waals surface area contributed by atoms with Gasteiger partial charge in [0.15, 0.2) is 5.82 Å². The summed E-state index contributed by atoms with van der Waals surface area (Å²) in [5.41, 5.74) is 2.44. The quantitative estimate of drug-likeness (QED) is 0.348. The molecule has 2 saturated heterocycles. The number of rotatable bonds is 6. The highest BCUT2D eigenvalue weighted by Crippen LogP contribution is 2.31. The molecule has 0 radical (unpaired) electrons. The van der Waals surface area contributed by atoms with Crippen LogP contribution in [0.4, 0.5) is 15.8 Å². The number of piperazine rings is 1. The Hall–Kier alpha value is -3.83. The first-order chi connectivity index (χ1) is 18.8. The second-order valence-electron chi connectivity index (χ2n) is 10.7. The van der Waals surface area contributed by atoms with Crippen molar-refractivity contribution in [3.63, 3.8) is 0 Å². The second kappa shape index (κ2) is 10.4. The van der Waals surface area contributed by atoms with E-state index in [1.54, 1.807) is 36.3 Å². The first-order valence-electron chi connectivity index (χ1n) is 13.4. The van der Waals surface area contributed by atoms with Gasteiger partial charge < -0.3 is 25.6 Å². The third-order valence-electron chi connectivity index (χ3n) is 7.39. The van der Waals surface area contributed by atoms with Crippen molar-refractivity contribution in [2.45, 2.75) is 32.4 Å². The Labute approximate surface area is 225 Å². The summed E-state index contributed by atoms with van der Waals surface area (Å²) in [4.78, 5) is 25.1. The number of amides is 1. The Kier molecular flexibility index (Phi) is 6.78. The summed E-state index contributed by atoms with van der Waals surface area (Å²) in [5, 5.41) is 15.3. The topological polar surface area (TPSA) is 109 Å². The lowest BCUT2D eigenvalue weighted by Crippen LogP contribution is -2.54. The van der Waals surface area contributed by atoms with Crippen LogP contribution >= 0.6 is 0 Å². The predicted molar refractivity (Wildman–Crippen MR) is 149 cm³/mol. The minimum Gasteiger partial charge on any atom is -0.463 e. The van der Waals surface area contributed by atoms with Gasteiger partial charge in [-0.05, 0) is 51.1 Å². The third-order valence-corrected chi connectivity index (χ3v) is 7.39. The number of anilines is 2. The van der Waals surface area contributed by atoms with E-state index >= 15 is 0 Å². The Morgan fingerprint density at radius 3 is 2.79 bits per heavy atom. The largest absolute Gasteiger partial charge is 0.463 e. The van der Waals surface area contributed by atoms with Gasteiger partial charge in [-0.2, -0.15) is 10.1 Å². The molecule has 1 unspecified atom stereocenters. The molecule has 0 bridgehead atoms. The van der Waals surface area contributed by atoms with E-state index in [0.717, 1.165) is 43.7 Å². The molecule has 0 aliphatic carbocycles. The van der Waals surface area contributed by atoms with Crippen molar-refractivity contribution >= 4 is 39.1 Å². The highest BCUT2D eigenvalue weighted by atomic mass is 19.1. The Bertz CT molecular complexity index is 1520. The van der Waals surface area contributed by atoms with Crippen LogP contribution in [-0.2, 0) is 7.05 Å². The van der Waals surface area contributed by atoms with Gasteiger partial charge in [0.05, 0.1) is 17.7 Å². The number of aryl methyl sites for hydroxylation is 1. The molecule has 2 aliphatic heterocycles. The van der Waals surface area contributed by atoms with Crippen molar-refractivity contribution in [2.75, 3.05) is 43.0 Å². The molecule has 3 atom stereocenters. The number of hydrogen-bond acceptors (Lipinski definition) is 8. The monoisotopic (exact) mass is 532 g/mol. The number of aromatic nitrogens is 4. The van der Waals surface area contributed by atoms with Crippen LogP contribution in [-0.4, -0.2) is 70.5 Å². The molecule has 4 aromatic rings. The maximum atomic E-state index is 14.7. The average molecular weight is 533 g/mol. The van der Waals surface area contributed by atoms with Crippen molar-refractivity contribution in [3.8, 4) is 6.01 Å². The minimum atomic E-state index is -0.495. The Morgan fingerprint density at radius 2 is 2.03 bits per heavy atom. The molecule has 6 rings (SSSR count). The number of fused-ring (bicyclic) bond motifs is 2. The van der Waals surface area contributed by atoms with Crippen LogP contribution < -0.4 is 25.6 Å². The van der Waals surface area contributed by atoms with Crippen molar-refractivity contribution in [2.24, 2.45) is 13.0 Å². The predicted octanol–water partition coefficient (Wildman–Crippen LogP) is 3.08. The van der Waals surface area contributed by atoms with Crippen LogP contribution in [0, 0.1) is 11.7 Å². The molecule has 3 N–H and O–H groups in total. The van der Waals surface area contributed by atoms with E-state index in [9.17, 15) is 9.18 Å². The lowest BCUT2D eigenvalue weighted by Gasteiger charge is -2.38. The zero-order chi connectivity index (χ0) is 27.1. The lowest BCUT2D eigenvalue weighted by molar-refractivity contribution is 0.102. The molecular formula is C28H33FN8O2. The summed E-state index contributed by atoms with van der Waals surface area (Å²) in [6, 6.07) is 7.59. The number of benzene rings is 2. The molecule has 39 heavy (non-hydrogen) atoms. The molecule has 0 spiro atoms. The number of carbonyl (C=O) groups excluding carboxylic acids is 1. The zero-order valence-electron chi connectivity index (χ0n) is 22.4. The molecule has 2 fully saturated rings. The van der Waals surface area contributed by atoms with E-state index < -0.39 is 5.82 Å². The molecule has 10 nitrogen and oxygen atoms in total. The molecule has 4 heterocycles. The van der Waals surface area contributed by atoms with E-state index in [-0.39, 0.29) is 17.4 Å². The highest BCUT2D eigenvalue weighted by Gasteiger charge is 2.25. The van der Waals surface area contributed by atoms with Gasteiger partial charge in [0.25, 0.3) is 5.91 Å². The second-order valence-corrected chi connectivity index (χ2v) is 10.7. The van der Waals surface area contributed by atoms with E-state index in [4.69, 9.17) is 9.72 Å². The van der Waals surface area contributed by atoms with Crippen molar-refractivity contribution in [1.82, 2.24) is 30.4 Å². The fourth-order valence-electron chi connectivity index (χ4n) is 5.67. The lowest BCUT2D eigenvalue weighted by atomic mass is 10.0. The molecule has 2 aliphatic rings. The number of ether oxygens (including phenoxy) is 1. The van der Waals surface area contributed by atoms with Gasteiger partial charge in [-0.3, -0.25) is 9.48 Å². The summed E-state index contributed by atoms with van der Waals surface area (Å²) in [5.74, 6) is -0.481. The van der Waals surface area contributed by atoms with Crippen LogP contribution in [0.3, 0.4) is 0 Å². The van der Waals surface area contributed by atoms with Crippen molar-refractivity contribution in [1.29, 1.82) is 0 Å². The Morgan fingerprint density at radius 1 is 1.21 bits per heavy atom. The van der Waals surface area contributed by atoms with Gasteiger partial charge >= 0.3 is 6.01 Å². The highest BCUT2D eigenvalue weighted by molar-refractivity contribution is 6.14. The maximum Gasteiger partial charge on any atom is 0.316 e. The molecule has 204 valence electrons. The number of nitrogens with zero attached hydrogens (tertiary/aromatic N) is 5. The van der Waals surface area contributed by atoms with E-state index in [1.807, 2.05) is 6.07 Å². The summed E-state index contributed by atoms with van der Waals surface area (Å²) in [7, 11) is 1.73. The number of nitrogens with one attached hydrogen (secondary N) is 3. The molecular weight excluding hydrogens is 499 g/mol. The molecule has 2 aromatic heterocycles. The normalized spacial score (nSPS) is 21.5. The number of carbonyl (C=O) groups is 1. The summed E-state index contributed by atoms with van der Waals surface area (Å²) in [6.07, 6.45) is 4.50. The summed E-state index contributed by atoms with van der Waals surface area (Å²) in [6.45, 7) is 8.35. The van der Waals surface area contributed by atoms with Crippen molar-refractivity contribution < 1.29 is 13.9 Å². The van der Waals surface area contributed by atoms with Gasteiger partial charge in [0, 0.05) is 79.2 Å². The first-order valence-corrected chi connectivity index (χ1v) is 13.4. The average Bonchev–Trinajstić information content (AvgIpc) is 3.55. The van der Waals surface area contributed by atoms with Crippen LogP contribution in [0.5, 0.6) is 6.01 Å². The standard InChI is InChI=1S/C28H33FN8O2/c1-16-12-37(13-17(2)32-16)24-5-4-21(26-22(24)11-31-28(34-26)39-15-18-6-7-30-10-18)27(38)33-20-8-19-14-36(3)35-25(19)23(29)9-20/h4-5,8-9,11,14,16-18,30,32H,6-7,10,12-13,15H2,1-3H3,(H,33,38)/t16-,17-,18?/m0/s1. The van der Waals surface area contributed by atoms with Gasteiger partial charge in [0.2, 0.25) is 0 Å². The van der Waals surface area contributed by atoms with Crippen LogP contribution in [0.25, 0.3) is 21.8 Å². The van der Waals surface area contributed by atoms with E-state index in [1.165, 1.54) is 6.07 Å². The van der Waals surface area contributed by atoms with Crippen LogP contribution in [0.2, 0.25) is 0 Å². The summed E-state index contributed by atoms with van der Waals surface area (Å²) >= 11 is 0. The molecule has 2 aromatic carbocycles.